The minimum atomic E-state index is -0.496. The molecule has 1 saturated heterocycles. The zero-order valence-electron chi connectivity index (χ0n) is 15.8. The smallest absolute Gasteiger partial charge is 0.267 e. The van der Waals surface area contributed by atoms with Crippen molar-refractivity contribution in [2.45, 2.75) is 37.8 Å². The molecule has 1 aromatic heterocycles. The normalized spacial score (nSPS) is 29.7. The van der Waals surface area contributed by atoms with Gasteiger partial charge in [-0.1, -0.05) is 6.42 Å². The van der Waals surface area contributed by atoms with E-state index in [0.717, 1.165) is 38.1 Å². The summed E-state index contributed by atoms with van der Waals surface area (Å²) < 4.78 is 11.6. The second kappa shape index (κ2) is 8.65. The number of amides is 1. The van der Waals surface area contributed by atoms with Crippen molar-refractivity contribution >= 4 is 18.3 Å². The third kappa shape index (κ3) is 3.60. The van der Waals surface area contributed by atoms with Gasteiger partial charge in [-0.05, 0) is 37.5 Å². The first-order valence-corrected chi connectivity index (χ1v) is 9.07. The maximum absolute atomic E-state index is 11.6. The van der Waals surface area contributed by atoms with Crippen molar-refractivity contribution in [2.75, 3.05) is 33.9 Å². The van der Waals surface area contributed by atoms with Crippen molar-refractivity contribution in [1.29, 1.82) is 0 Å². The fourth-order valence-electron chi connectivity index (χ4n) is 4.90. The van der Waals surface area contributed by atoms with Gasteiger partial charge < -0.3 is 15.2 Å². The molecule has 1 aromatic rings. The third-order valence-corrected chi connectivity index (χ3v) is 6.06. The van der Waals surface area contributed by atoms with E-state index in [9.17, 15) is 4.79 Å². The van der Waals surface area contributed by atoms with Crippen LogP contribution in [0.5, 0.6) is 0 Å². The molecule has 6 nitrogen and oxygen atoms in total. The van der Waals surface area contributed by atoms with Gasteiger partial charge in [0.05, 0.1) is 6.61 Å². The minimum absolute atomic E-state index is 0. The summed E-state index contributed by atoms with van der Waals surface area (Å²) in [5, 5.41) is 0. The summed E-state index contributed by atoms with van der Waals surface area (Å²) in [6.45, 7) is 4.91. The number of hydrogen-bond donors (Lipinski definition) is 1. The average molecular weight is 384 g/mol. The van der Waals surface area contributed by atoms with Crippen molar-refractivity contribution in [1.82, 2.24) is 9.88 Å². The van der Waals surface area contributed by atoms with E-state index in [1.54, 1.807) is 20.4 Å². The molecule has 2 heterocycles. The van der Waals surface area contributed by atoms with Crippen LogP contribution in [0.25, 0.3) is 0 Å². The van der Waals surface area contributed by atoms with Crippen LogP contribution >= 0.6 is 12.4 Å². The van der Waals surface area contributed by atoms with Crippen molar-refractivity contribution in [3.63, 3.8) is 0 Å². The summed E-state index contributed by atoms with van der Waals surface area (Å²) in [6, 6.07) is 4.20. The van der Waals surface area contributed by atoms with E-state index >= 15 is 0 Å². The van der Waals surface area contributed by atoms with E-state index in [1.165, 1.54) is 6.42 Å². The number of methoxy groups -OCH3 is 2. The van der Waals surface area contributed by atoms with E-state index in [-0.39, 0.29) is 18.0 Å². The van der Waals surface area contributed by atoms with E-state index in [2.05, 4.69) is 16.8 Å². The van der Waals surface area contributed by atoms with E-state index in [0.29, 0.717) is 23.6 Å². The van der Waals surface area contributed by atoms with Crippen LogP contribution in [0.4, 0.5) is 0 Å². The van der Waals surface area contributed by atoms with E-state index < -0.39 is 5.91 Å². The van der Waals surface area contributed by atoms with Gasteiger partial charge in [0.1, 0.15) is 11.3 Å². The molecule has 1 amide bonds. The highest BCUT2D eigenvalue weighted by Crippen LogP contribution is 2.51. The van der Waals surface area contributed by atoms with Crippen molar-refractivity contribution in [3.05, 3.63) is 29.6 Å². The fraction of sp³-hybridized carbons (Fsp3) is 0.684. The number of likely N-dealkylation sites (tertiary alicyclic amines) is 1. The van der Waals surface area contributed by atoms with Gasteiger partial charge in [0, 0.05) is 51.4 Å². The lowest BCUT2D eigenvalue weighted by Gasteiger charge is -2.56. The molecule has 0 radical (unpaired) electrons. The Morgan fingerprint density at radius 2 is 2.04 bits per heavy atom. The van der Waals surface area contributed by atoms with Crippen LogP contribution in [0.15, 0.2) is 18.3 Å². The maximum Gasteiger partial charge on any atom is 0.267 e. The second-order valence-electron chi connectivity index (χ2n) is 7.37. The molecular formula is C19H30ClN3O3. The summed E-state index contributed by atoms with van der Waals surface area (Å²) in [7, 11) is 3.55. The number of ether oxygens (including phenoxy) is 2. The number of aromatic nitrogens is 1. The molecule has 0 aromatic carbocycles. The Balaban J connectivity index is 0.00000243. The number of rotatable bonds is 6. The van der Waals surface area contributed by atoms with Crippen LogP contribution in [0.3, 0.4) is 0 Å². The molecule has 4 atom stereocenters. The van der Waals surface area contributed by atoms with Crippen molar-refractivity contribution in [2.24, 2.45) is 17.6 Å². The Kier molecular flexibility index (Phi) is 7.02. The van der Waals surface area contributed by atoms with E-state index in [1.807, 2.05) is 12.1 Å². The van der Waals surface area contributed by atoms with Gasteiger partial charge in [-0.3, -0.25) is 14.7 Å². The molecule has 2 fully saturated rings. The number of nitrogens with zero attached hydrogens (tertiary/aromatic N) is 2. The lowest BCUT2D eigenvalue weighted by molar-refractivity contribution is -0.175. The standard InChI is InChI=1S/C19H29N3O3.ClH/c1-13(12-24-2)22-10-15-5-4-6-16(11-22)19(15,25-3)14-7-8-21-17(9-14)18(20)23;/h7-9,13,15-16H,4-6,10-12H2,1-3H3,(H2,20,23);1H/t13-,15-,16+,19-;/m1./s1. The Hall–Kier alpha value is -1.21. The van der Waals surface area contributed by atoms with E-state index in [4.69, 9.17) is 15.2 Å². The van der Waals surface area contributed by atoms with Gasteiger partial charge in [0.2, 0.25) is 0 Å². The fourth-order valence-corrected chi connectivity index (χ4v) is 4.90. The number of piperidine rings is 1. The first-order chi connectivity index (χ1) is 12.0. The predicted molar refractivity (Wildman–Crippen MR) is 102 cm³/mol. The Morgan fingerprint density at radius 1 is 1.38 bits per heavy atom. The number of primary amides is 1. The number of fused-ring (bicyclic) bond motifs is 2. The number of hydrogen-bond acceptors (Lipinski definition) is 5. The Bertz CT molecular complexity index is 614. The van der Waals surface area contributed by atoms with Crippen LogP contribution in [0, 0.1) is 11.8 Å². The minimum Gasteiger partial charge on any atom is -0.383 e. The summed E-state index contributed by atoms with van der Waals surface area (Å²) in [6.07, 6.45) is 5.14. The molecule has 7 heteroatoms. The molecule has 2 bridgehead atoms. The highest BCUT2D eigenvalue weighted by atomic mass is 35.5. The highest BCUT2D eigenvalue weighted by molar-refractivity contribution is 5.90. The van der Waals surface area contributed by atoms with Crippen LogP contribution in [-0.2, 0) is 15.1 Å². The van der Waals surface area contributed by atoms with Gasteiger partial charge in [-0.15, -0.1) is 12.4 Å². The molecule has 26 heavy (non-hydrogen) atoms. The molecule has 0 unspecified atom stereocenters. The van der Waals surface area contributed by atoms with Crippen molar-refractivity contribution in [3.8, 4) is 0 Å². The quantitative estimate of drug-likeness (QED) is 0.814. The monoisotopic (exact) mass is 383 g/mol. The summed E-state index contributed by atoms with van der Waals surface area (Å²) >= 11 is 0. The second-order valence-corrected chi connectivity index (χ2v) is 7.37. The van der Waals surface area contributed by atoms with Gasteiger partial charge in [-0.25, -0.2) is 0 Å². The number of pyridine rings is 1. The molecular weight excluding hydrogens is 354 g/mol. The summed E-state index contributed by atoms with van der Waals surface area (Å²) in [5.41, 5.74) is 6.42. The third-order valence-electron chi connectivity index (χ3n) is 6.06. The largest absolute Gasteiger partial charge is 0.383 e. The number of carbonyl (C=O) groups excluding carboxylic acids is 1. The zero-order chi connectivity index (χ0) is 18.0. The lowest BCUT2D eigenvalue weighted by atomic mass is 9.62. The molecule has 1 aliphatic heterocycles. The maximum atomic E-state index is 11.6. The van der Waals surface area contributed by atoms with Crippen LogP contribution in [0.1, 0.15) is 42.2 Å². The lowest BCUT2D eigenvalue weighted by Crippen LogP contribution is -2.61. The Labute approximate surface area is 161 Å². The van der Waals surface area contributed by atoms with Gasteiger partial charge >= 0.3 is 0 Å². The number of nitrogens with two attached hydrogens (primary N) is 1. The number of halogens is 1. The SMILES string of the molecule is COC[C@@H](C)N1C[C@H]2CCC[C@@H](C1)[C@@]2(OC)c1ccnc(C(N)=O)c1.Cl. The average Bonchev–Trinajstić information content (AvgIpc) is 2.60. The molecule has 2 N–H and O–H groups in total. The van der Waals surface area contributed by atoms with Gasteiger partial charge in [0.25, 0.3) is 5.91 Å². The molecule has 3 rings (SSSR count). The molecule has 2 aliphatic rings. The number of carbonyl (C=O) groups is 1. The first kappa shape index (κ1) is 21.1. The topological polar surface area (TPSA) is 77.7 Å². The summed E-state index contributed by atoms with van der Waals surface area (Å²) in [5.74, 6) is 0.268. The molecule has 146 valence electrons. The predicted octanol–water partition coefficient (Wildman–Crippen LogP) is 2.21. The highest BCUT2D eigenvalue weighted by Gasteiger charge is 2.53. The zero-order valence-corrected chi connectivity index (χ0v) is 16.6. The molecule has 0 spiro atoms. The molecule has 1 aliphatic carbocycles. The summed E-state index contributed by atoms with van der Waals surface area (Å²) in [4.78, 5) is 18.2. The van der Waals surface area contributed by atoms with Crippen LogP contribution < -0.4 is 5.73 Å². The van der Waals surface area contributed by atoms with Gasteiger partial charge in [0.15, 0.2) is 0 Å². The molecule has 1 saturated carbocycles. The Morgan fingerprint density at radius 3 is 2.58 bits per heavy atom. The van der Waals surface area contributed by atoms with Gasteiger partial charge in [-0.2, -0.15) is 0 Å². The first-order valence-electron chi connectivity index (χ1n) is 9.07. The van der Waals surface area contributed by atoms with Crippen LogP contribution in [-0.4, -0.2) is 55.7 Å². The van der Waals surface area contributed by atoms with Crippen molar-refractivity contribution < 1.29 is 14.3 Å². The van der Waals surface area contributed by atoms with Crippen LogP contribution in [0.2, 0.25) is 0 Å².